The monoisotopic (exact) mass is 135 g/mol. The Morgan fingerprint density at radius 2 is 2.40 bits per heavy atom. The predicted molar refractivity (Wildman–Crippen MR) is 43.9 cm³/mol. The molecule has 1 heterocycles. The highest BCUT2D eigenvalue weighted by atomic mass is 14.6. The number of aromatic nitrogens is 1. The molecular formula is C9H13N. The molecule has 0 radical (unpaired) electrons. The van der Waals surface area contributed by atoms with Crippen molar-refractivity contribution in [3.05, 3.63) is 35.7 Å². The number of allylic oxidation sites excluding steroid dienone is 2. The van der Waals surface area contributed by atoms with Crippen LogP contribution in [0.25, 0.3) is 0 Å². The summed E-state index contributed by atoms with van der Waals surface area (Å²) >= 11 is 0. The van der Waals surface area contributed by atoms with Gasteiger partial charge in [0.05, 0.1) is 0 Å². The smallest absolute Gasteiger partial charge is 0.00405 e. The van der Waals surface area contributed by atoms with Crippen LogP contribution in [0.3, 0.4) is 0 Å². The van der Waals surface area contributed by atoms with Crippen molar-refractivity contribution >= 4 is 0 Å². The van der Waals surface area contributed by atoms with Gasteiger partial charge in [-0.05, 0) is 31.9 Å². The van der Waals surface area contributed by atoms with Crippen LogP contribution in [-0.2, 0) is 6.42 Å². The number of nitrogens with one attached hydrogen (secondary N) is 1. The first-order valence-electron chi connectivity index (χ1n) is 3.54. The third-order valence-electron chi connectivity index (χ3n) is 1.41. The van der Waals surface area contributed by atoms with E-state index in [9.17, 15) is 0 Å². The first-order valence-corrected chi connectivity index (χ1v) is 3.54. The highest BCUT2D eigenvalue weighted by Gasteiger charge is 1.86. The molecule has 0 aliphatic carbocycles. The molecule has 1 heteroatoms. The molecule has 0 aliphatic heterocycles. The zero-order valence-corrected chi connectivity index (χ0v) is 6.52. The quantitative estimate of drug-likeness (QED) is 0.600. The Morgan fingerprint density at radius 3 is 2.90 bits per heavy atom. The molecule has 0 unspecified atom stereocenters. The van der Waals surface area contributed by atoms with E-state index in [1.165, 1.54) is 11.1 Å². The summed E-state index contributed by atoms with van der Waals surface area (Å²) in [6.45, 7) is 4.24. The summed E-state index contributed by atoms with van der Waals surface area (Å²) in [6.07, 6.45) is 7.25. The fourth-order valence-corrected chi connectivity index (χ4v) is 0.807. The van der Waals surface area contributed by atoms with Gasteiger partial charge in [0, 0.05) is 12.4 Å². The number of H-pyrrole nitrogens is 1. The zero-order valence-electron chi connectivity index (χ0n) is 6.52. The average molecular weight is 135 g/mol. The molecule has 1 nitrogen and oxygen atoms in total. The van der Waals surface area contributed by atoms with E-state index in [1.54, 1.807) is 0 Å². The lowest BCUT2D eigenvalue weighted by atomic mass is 10.2. The Morgan fingerprint density at radius 1 is 1.60 bits per heavy atom. The van der Waals surface area contributed by atoms with Crippen molar-refractivity contribution in [1.29, 1.82) is 0 Å². The molecule has 0 aromatic carbocycles. The van der Waals surface area contributed by atoms with Gasteiger partial charge in [-0.15, -0.1) is 0 Å². The van der Waals surface area contributed by atoms with Crippen LogP contribution in [0.4, 0.5) is 0 Å². The van der Waals surface area contributed by atoms with Crippen molar-refractivity contribution in [2.24, 2.45) is 0 Å². The fraction of sp³-hybridized carbons (Fsp3) is 0.333. The van der Waals surface area contributed by atoms with E-state index in [2.05, 4.69) is 31.0 Å². The van der Waals surface area contributed by atoms with Crippen molar-refractivity contribution in [3.8, 4) is 0 Å². The normalized spacial score (nSPS) is 9.40. The summed E-state index contributed by atoms with van der Waals surface area (Å²) in [7, 11) is 0. The summed E-state index contributed by atoms with van der Waals surface area (Å²) < 4.78 is 0. The standard InChI is InChI=1S/C9H13N/c1-8(2)3-4-9-5-6-10-7-9/h3,5-7,10H,4H2,1-2H3. The van der Waals surface area contributed by atoms with Gasteiger partial charge in [-0.1, -0.05) is 11.6 Å². The molecule has 0 bridgehead atoms. The van der Waals surface area contributed by atoms with Gasteiger partial charge >= 0.3 is 0 Å². The zero-order chi connectivity index (χ0) is 7.40. The molecular weight excluding hydrogens is 122 g/mol. The Bertz CT molecular complexity index is 203. The largest absolute Gasteiger partial charge is 0.367 e. The van der Waals surface area contributed by atoms with Crippen LogP contribution in [0.5, 0.6) is 0 Å². The van der Waals surface area contributed by atoms with E-state index >= 15 is 0 Å². The molecule has 10 heavy (non-hydrogen) atoms. The Kier molecular flexibility index (Phi) is 2.32. The second-order valence-corrected chi connectivity index (χ2v) is 2.70. The van der Waals surface area contributed by atoms with E-state index in [0.717, 1.165) is 6.42 Å². The number of rotatable bonds is 2. The second-order valence-electron chi connectivity index (χ2n) is 2.70. The SMILES string of the molecule is CC(C)=CCc1cc[nH]c1. The van der Waals surface area contributed by atoms with Gasteiger partial charge in [-0.3, -0.25) is 0 Å². The molecule has 0 saturated heterocycles. The Hall–Kier alpha value is -0.980. The van der Waals surface area contributed by atoms with Crippen molar-refractivity contribution in [2.75, 3.05) is 0 Å². The minimum Gasteiger partial charge on any atom is -0.367 e. The molecule has 1 aromatic rings. The van der Waals surface area contributed by atoms with Crippen molar-refractivity contribution in [1.82, 2.24) is 4.98 Å². The van der Waals surface area contributed by atoms with Crippen LogP contribution in [-0.4, -0.2) is 4.98 Å². The molecule has 1 N–H and O–H groups in total. The molecule has 1 rings (SSSR count). The molecule has 0 aliphatic rings. The molecule has 0 amide bonds. The number of hydrogen-bond acceptors (Lipinski definition) is 0. The molecule has 1 aromatic heterocycles. The summed E-state index contributed by atoms with van der Waals surface area (Å²) in [5, 5.41) is 0. The Labute approximate surface area is 61.8 Å². The molecule has 0 saturated carbocycles. The average Bonchev–Trinajstić information content (AvgIpc) is 2.34. The fourth-order valence-electron chi connectivity index (χ4n) is 0.807. The van der Waals surface area contributed by atoms with Gasteiger partial charge < -0.3 is 4.98 Å². The van der Waals surface area contributed by atoms with Gasteiger partial charge in [0.15, 0.2) is 0 Å². The van der Waals surface area contributed by atoms with Crippen molar-refractivity contribution in [2.45, 2.75) is 20.3 Å². The summed E-state index contributed by atoms with van der Waals surface area (Å²) in [5.41, 5.74) is 2.72. The number of hydrogen-bond donors (Lipinski definition) is 1. The maximum atomic E-state index is 3.02. The maximum absolute atomic E-state index is 3.02. The van der Waals surface area contributed by atoms with E-state index < -0.39 is 0 Å². The molecule has 54 valence electrons. The van der Waals surface area contributed by atoms with Crippen molar-refractivity contribution in [3.63, 3.8) is 0 Å². The van der Waals surface area contributed by atoms with Gasteiger partial charge in [0.25, 0.3) is 0 Å². The molecule has 0 atom stereocenters. The van der Waals surface area contributed by atoms with Gasteiger partial charge in [-0.2, -0.15) is 0 Å². The summed E-state index contributed by atoms with van der Waals surface area (Å²) in [5.74, 6) is 0. The van der Waals surface area contributed by atoms with E-state index in [1.807, 2.05) is 12.4 Å². The van der Waals surface area contributed by atoms with E-state index in [4.69, 9.17) is 0 Å². The number of aromatic amines is 1. The van der Waals surface area contributed by atoms with E-state index in [-0.39, 0.29) is 0 Å². The van der Waals surface area contributed by atoms with Crippen LogP contribution >= 0.6 is 0 Å². The lowest BCUT2D eigenvalue weighted by Crippen LogP contribution is -1.75. The first kappa shape index (κ1) is 7.13. The topological polar surface area (TPSA) is 15.8 Å². The van der Waals surface area contributed by atoms with Gasteiger partial charge in [0.2, 0.25) is 0 Å². The molecule has 0 fully saturated rings. The van der Waals surface area contributed by atoms with Crippen LogP contribution < -0.4 is 0 Å². The van der Waals surface area contributed by atoms with Crippen LogP contribution in [0, 0.1) is 0 Å². The second kappa shape index (κ2) is 3.25. The van der Waals surface area contributed by atoms with Gasteiger partial charge in [-0.25, -0.2) is 0 Å². The van der Waals surface area contributed by atoms with E-state index in [0.29, 0.717) is 0 Å². The van der Waals surface area contributed by atoms with Crippen molar-refractivity contribution < 1.29 is 0 Å². The predicted octanol–water partition coefficient (Wildman–Crippen LogP) is 2.52. The maximum Gasteiger partial charge on any atom is 0.00405 e. The third-order valence-corrected chi connectivity index (χ3v) is 1.41. The summed E-state index contributed by atoms with van der Waals surface area (Å²) in [6, 6.07) is 2.10. The Balaban J connectivity index is 2.49. The lowest BCUT2D eigenvalue weighted by Gasteiger charge is -1.88. The first-order chi connectivity index (χ1) is 4.79. The minimum absolute atomic E-state index is 1.05. The summed E-state index contributed by atoms with van der Waals surface area (Å²) in [4.78, 5) is 3.02. The lowest BCUT2D eigenvalue weighted by molar-refractivity contribution is 1.22. The van der Waals surface area contributed by atoms with Crippen LogP contribution in [0.2, 0.25) is 0 Å². The van der Waals surface area contributed by atoms with Gasteiger partial charge in [0.1, 0.15) is 0 Å². The molecule has 0 spiro atoms. The highest BCUT2D eigenvalue weighted by Crippen LogP contribution is 2.00. The third kappa shape index (κ3) is 2.09. The van der Waals surface area contributed by atoms with Crippen LogP contribution in [0.1, 0.15) is 19.4 Å². The highest BCUT2D eigenvalue weighted by molar-refractivity contribution is 5.13. The van der Waals surface area contributed by atoms with Crippen LogP contribution in [0.15, 0.2) is 30.1 Å². The minimum atomic E-state index is 1.05.